The van der Waals surface area contributed by atoms with E-state index in [0.717, 1.165) is 18.6 Å². The first-order valence-corrected chi connectivity index (χ1v) is 7.53. The van der Waals surface area contributed by atoms with E-state index in [4.69, 9.17) is 5.73 Å². The van der Waals surface area contributed by atoms with Crippen LogP contribution in [-0.4, -0.2) is 36.2 Å². The van der Waals surface area contributed by atoms with Crippen molar-refractivity contribution in [3.63, 3.8) is 0 Å². The van der Waals surface area contributed by atoms with E-state index in [1.54, 1.807) is 11.8 Å². The van der Waals surface area contributed by atoms with E-state index in [2.05, 4.69) is 14.9 Å². The first kappa shape index (κ1) is 11.7. The Morgan fingerprint density at radius 3 is 3.06 bits per heavy atom. The first-order chi connectivity index (χ1) is 7.59. The van der Waals surface area contributed by atoms with Gasteiger partial charge >= 0.3 is 0 Å². The van der Waals surface area contributed by atoms with Gasteiger partial charge in [0.1, 0.15) is 10.7 Å². The molecule has 1 aromatic rings. The van der Waals surface area contributed by atoms with Gasteiger partial charge in [-0.25, -0.2) is 13.1 Å². The lowest BCUT2D eigenvalue weighted by Gasteiger charge is -2.09. The Balaban J connectivity index is 2.00. The summed E-state index contributed by atoms with van der Waals surface area (Å²) < 4.78 is 26.2. The quantitative estimate of drug-likeness (QED) is 0.718. The molecule has 90 valence electrons. The van der Waals surface area contributed by atoms with E-state index in [-0.39, 0.29) is 10.7 Å². The zero-order valence-corrected chi connectivity index (χ0v) is 10.3. The maximum Gasteiger partial charge on any atom is 0.245 e. The fourth-order valence-corrected chi connectivity index (χ4v) is 3.99. The van der Waals surface area contributed by atoms with Crippen molar-refractivity contribution in [2.24, 2.45) is 0 Å². The van der Waals surface area contributed by atoms with Gasteiger partial charge in [0.15, 0.2) is 0 Å². The SMILES string of the molecule is Nc1[nH]ncc1S(=O)(=O)NCC1CCCS1. The van der Waals surface area contributed by atoms with Crippen LogP contribution in [0.3, 0.4) is 0 Å². The fourth-order valence-electron chi connectivity index (χ4n) is 1.58. The summed E-state index contributed by atoms with van der Waals surface area (Å²) in [5.74, 6) is 1.19. The van der Waals surface area contributed by atoms with Gasteiger partial charge in [0.25, 0.3) is 0 Å². The van der Waals surface area contributed by atoms with Gasteiger partial charge in [-0.3, -0.25) is 5.10 Å². The van der Waals surface area contributed by atoms with Gasteiger partial charge in [-0.05, 0) is 18.6 Å². The molecule has 1 aliphatic rings. The molecule has 0 spiro atoms. The number of aromatic nitrogens is 2. The minimum atomic E-state index is -3.52. The molecular weight excluding hydrogens is 248 g/mol. The van der Waals surface area contributed by atoms with Crippen molar-refractivity contribution in [2.45, 2.75) is 23.0 Å². The molecule has 0 aliphatic carbocycles. The summed E-state index contributed by atoms with van der Waals surface area (Å²) in [4.78, 5) is 0.0236. The number of nitrogens with zero attached hydrogens (tertiary/aromatic N) is 1. The summed E-state index contributed by atoms with van der Waals surface area (Å²) in [6.45, 7) is 0.456. The summed E-state index contributed by atoms with van der Waals surface area (Å²) in [5.41, 5.74) is 5.47. The van der Waals surface area contributed by atoms with Crippen LogP contribution < -0.4 is 10.5 Å². The van der Waals surface area contributed by atoms with Crippen molar-refractivity contribution in [2.75, 3.05) is 18.0 Å². The number of aromatic amines is 1. The van der Waals surface area contributed by atoms with Gasteiger partial charge in [-0.1, -0.05) is 0 Å². The molecule has 1 aliphatic heterocycles. The third-order valence-corrected chi connectivity index (χ3v) is 5.30. The molecule has 1 unspecified atom stereocenters. The van der Waals surface area contributed by atoms with Gasteiger partial charge < -0.3 is 5.73 Å². The standard InChI is InChI=1S/C8H14N4O2S2/c9-8-7(5-10-12-8)16(13,14)11-4-6-2-1-3-15-6/h5-6,11H,1-4H2,(H3,9,10,12). The summed E-state index contributed by atoms with van der Waals surface area (Å²) in [7, 11) is -3.52. The lowest BCUT2D eigenvalue weighted by Crippen LogP contribution is -2.30. The minimum absolute atomic E-state index is 0.0236. The normalized spacial score (nSPS) is 21.4. The average molecular weight is 262 g/mol. The monoisotopic (exact) mass is 262 g/mol. The molecule has 0 aromatic carbocycles. The molecule has 4 N–H and O–H groups in total. The van der Waals surface area contributed by atoms with E-state index in [1.165, 1.54) is 6.20 Å². The minimum Gasteiger partial charge on any atom is -0.383 e. The Bertz CT molecular complexity index is 450. The van der Waals surface area contributed by atoms with Crippen LogP contribution in [0.4, 0.5) is 5.82 Å². The molecule has 8 heteroatoms. The summed E-state index contributed by atoms with van der Waals surface area (Å²) in [6, 6.07) is 0. The smallest absolute Gasteiger partial charge is 0.245 e. The number of sulfonamides is 1. The predicted molar refractivity (Wildman–Crippen MR) is 63.7 cm³/mol. The van der Waals surface area contributed by atoms with Crippen LogP contribution in [0.2, 0.25) is 0 Å². The van der Waals surface area contributed by atoms with Crippen LogP contribution in [0.25, 0.3) is 0 Å². The Labute approximate surface area is 98.4 Å². The zero-order chi connectivity index (χ0) is 11.6. The second kappa shape index (κ2) is 4.64. The summed E-state index contributed by atoms with van der Waals surface area (Å²) in [5, 5.41) is 6.38. The molecule has 1 saturated heterocycles. The van der Waals surface area contributed by atoms with Crippen molar-refractivity contribution >= 4 is 27.6 Å². The molecular formula is C8H14N4O2S2. The lowest BCUT2D eigenvalue weighted by atomic mass is 10.2. The molecule has 6 nitrogen and oxygen atoms in total. The lowest BCUT2D eigenvalue weighted by molar-refractivity contribution is 0.579. The Hall–Kier alpha value is -0.730. The van der Waals surface area contributed by atoms with Crippen LogP contribution in [-0.2, 0) is 10.0 Å². The number of thioether (sulfide) groups is 1. The predicted octanol–water partition coefficient (Wildman–Crippen LogP) is 0.166. The highest BCUT2D eigenvalue weighted by Gasteiger charge is 2.22. The molecule has 0 bridgehead atoms. The van der Waals surface area contributed by atoms with Gasteiger partial charge in [-0.2, -0.15) is 16.9 Å². The van der Waals surface area contributed by atoms with E-state index < -0.39 is 10.0 Å². The van der Waals surface area contributed by atoms with E-state index in [9.17, 15) is 8.42 Å². The van der Waals surface area contributed by atoms with E-state index >= 15 is 0 Å². The largest absolute Gasteiger partial charge is 0.383 e. The molecule has 1 aromatic heterocycles. The van der Waals surface area contributed by atoms with E-state index in [1.807, 2.05) is 0 Å². The highest BCUT2D eigenvalue weighted by Crippen LogP contribution is 2.25. The highest BCUT2D eigenvalue weighted by atomic mass is 32.2. The van der Waals surface area contributed by atoms with Crippen LogP contribution in [0.15, 0.2) is 11.1 Å². The molecule has 1 atom stereocenters. The Morgan fingerprint density at radius 2 is 2.50 bits per heavy atom. The number of nitrogens with one attached hydrogen (secondary N) is 2. The van der Waals surface area contributed by atoms with Gasteiger partial charge in [0.05, 0.1) is 6.20 Å². The number of hydrogen-bond donors (Lipinski definition) is 3. The zero-order valence-electron chi connectivity index (χ0n) is 8.64. The molecule has 0 saturated carbocycles. The van der Waals surface area contributed by atoms with Crippen molar-refractivity contribution in [1.82, 2.24) is 14.9 Å². The number of H-pyrrole nitrogens is 1. The maximum absolute atomic E-state index is 11.8. The Kier molecular flexibility index (Phi) is 3.41. The maximum atomic E-state index is 11.8. The molecule has 16 heavy (non-hydrogen) atoms. The number of nitrogens with two attached hydrogens (primary N) is 1. The number of rotatable bonds is 4. The second-order valence-corrected chi connectivity index (χ2v) is 6.78. The third-order valence-electron chi connectivity index (χ3n) is 2.45. The second-order valence-electron chi connectivity index (χ2n) is 3.63. The Morgan fingerprint density at radius 1 is 1.69 bits per heavy atom. The fraction of sp³-hybridized carbons (Fsp3) is 0.625. The van der Waals surface area contributed by atoms with Gasteiger partial charge in [0, 0.05) is 11.8 Å². The van der Waals surface area contributed by atoms with E-state index in [0.29, 0.717) is 11.8 Å². The number of anilines is 1. The van der Waals surface area contributed by atoms with Crippen molar-refractivity contribution in [3.8, 4) is 0 Å². The van der Waals surface area contributed by atoms with Crippen molar-refractivity contribution < 1.29 is 8.42 Å². The third kappa shape index (κ3) is 2.50. The number of hydrogen-bond acceptors (Lipinski definition) is 5. The first-order valence-electron chi connectivity index (χ1n) is 5.00. The molecule has 2 rings (SSSR count). The topological polar surface area (TPSA) is 101 Å². The van der Waals surface area contributed by atoms with Crippen LogP contribution >= 0.6 is 11.8 Å². The average Bonchev–Trinajstić information content (AvgIpc) is 2.85. The molecule has 1 fully saturated rings. The van der Waals surface area contributed by atoms with Gasteiger partial charge in [-0.15, -0.1) is 0 Å². The number of nitrogen functional groups attached to an aromatic ring is 1. The summed E-state index contributed by atoms with van der Waals surface area (Å²) in [6.07, 6.45) is 3.44. The van der Waals surface area contributed by atoms with Crippen LogP contribution in [0.5, 0.6) is 0 Å². The molecule has 2 heterocycles. The van der Waals surface area contributed by atoms with Crippen LogP contribution in [0.1, 0.15) is 12.8 Å². The summed E-state index contributed by atoms with van der Waals surface area (Å²) >= 11 is 1.80. The van der Waals surface area contributed by atoms with Crippen molar-refractivity contribution in [3.05, 3.63) is 6.20 Å². The van der Waals surface area contributed by atoms with Crippen molar-refractivity contribution in [1.29, 1.82) is 0 Å². The van der Waals surface area contributed by atoms with Crippen LogP contribution in [0, 0.1) is 0 Å². The molecule has 0 amide bonds. The molecule has 0 radical (unpaired) electrons. The van der Waals surface area contributed by atoms with Gasteiger partial charge in [0.2, 0.25) is 10.0 Å². The highest BCUT2D eigenvalue weighted by molar-refractivity contribution is 8.00.